The van der Waals surface area contributed by atoms with Crippen LogP contribution in [0, 0.1) is 17.2 Å². The number of amides is 1. The lowest BCUT2D eigenvalue weighted by molar-refractivity contribution is -0.141. The zero-order valence-corrected chi connectivity index (χ0v) is 11.4. The van der Waals surface area contributed by atoms with E-state index in [1.165, 1.54) is 15.8 Å². The molecule has 1 unspecified atom stereocenters. The van der Waals surface area contributed by atoms with Crippen molar-refractivity contribution in [1.82, 2.24) is 14.8 Å². The third-order valence-corrected chi connectivity index (χ3v) is 3.46. The molecule has 0 aromatic carbocycles. The number of aromatic nitrogens is 3. The Morgan fingerprint density at radius 1 is 1.45 bits per heavy atom. The van der Waals surface area contributed by atoms with Gasteiger partial charge in [-0.3, -0.25) is 14.5 Å². The van der Waals surface area contributed by atoms with E-state index in [1.807, 2.05) is 6.07 Å². The number of carboxylic acid groups (broad SMARTS) is 1. The number of anilines is 1. The van der Waals surface area contributed by atoms with Gasteiger partial charge in [0.2, 0.25) is 5.91 Å². The highest BCUT2D eigenvalue weighted by Crippen LogP contribution is 2.29. The van der Waals surface area contributed by atoms with Crippen molar-refractivity contribution in [3.05, 3.63) is 36.2 Å². The highest BCUT2D eigenvalue weighted by atomic mass is 16.4. The van der Waals surface area contributed by atoms with Crippen molar-refractivity contribution >= 4 is 17.7 Å². The lowest BCUT2D eigenvalue weighted by Crippen LogP contribution is -2.29. The zero-order valence-electron chi connectivity index (χ0n) is 11.4. The van der Waals surface area contributed by atoms with Gasteiger partial charge in [-0.25, -0.2) is 4.98 Å². The standard InChI is InChI=1S/C14H11N5O3/c15-6-10-7-17-19(11-3-1-2-4-16-11)13(10)18-8-9(14(21)22)5-12(18)20/h1-4,7,9H,5,8H2,(H,21,22). The minimum absolute atomic E-state index is 0.0153. The molecule has 1 fully saturated rings. The molecule has 8 heteroatoms. The Morgan fingerprint density at radius 2 is 2.27 bits per heavy atom. The molecule has 22 heavy (non-hydrogen) atoms. The molecule has 0 radical (unpaired) electrons. The van der Waals surface area contributed by atoms with Gasteiger partial charge in [-0.2, -0.15) is 15.0 Å². The third-order valence-electron chi connectivity index (χ3n) is 3.46. The minimum atomic E-state index is -1.03. The van der Waals surface area contributed by atoms with Gasteiger partial charge in [0.15, 0.2) is 11.6 Å². The number of carboxylic acids is 1. The Balaban J connectivity index is 2.07. The van der Waals surface area contributed by atoms with Crippen molar-refractivity contribution in [2.45, 2.75) is 6.42 Å². The van der Waals surface area contributed by atoms with Crippen LogP contribution in [0.2, 0.25) is 0 Å². The Labute approximate surface area is 125 Å². The molecule has 1 atom stereocenters. The Hall–Kier alpha value is -3.21. The molecular weight excluding hydrogens is 286 g/mol. The monoisotopic (exact) mass is 297 g/mol. The Bertz CT molecular complexity index is 778. The second kappa shape index (κ2) is 5.29. The molecule has 8 nitrogen and oxygen atoms in total. The van der Waals surface area contributed by atoms with E-state index < -0.39 is 11.9 Å². The summed E-state index contributed by atoms with van der Waals surface area (Å²) in [5.41, 5.74) is 0.199. The maximum atomic E-state index is 12.1. The molecule has 3 heterocycles. The molecule has 1 saturated heterocycles. The summed E-state index contributed by atoms with van der Waals surface area (Å²) in [4.78, 5) is 28.7. The number of carbonyl (C=O) groups excluding carboxylic acids is 1. The molecule has 2 aromatic rings. The first-order valence-corrected chi connectivity index (χ1v) is 6.54. The first-order valence-electron chi connectivity index (χ1n) is 6.54. The molecule has 1 N–H and O–H groups in total. The van der Waals surface area contributed by atoms with Crippen LogP contribution in [0.1, 0.15) is 12.0 Å². The van der Waals surface area contributed by atoms with E-state index in [4.69, 9.17) is 5.11 Å². The van der Waals surface area contributed by atoms with Crippen LogP contribution in [0.4, 0.5) is 5.82 Å². The highest BCUT2D eigenvalue weighted by Gasteiger charge is 2.38. The van der Waals surface area contributed by atoms with E-state index in [-0.39, 0.29) is 30.3 Å². The summed E-state index contributed by atoms with van der Waals surface area (Å²) in [6, 6.07) is 7.15. The Morgan fingerprint density at radius 3 is 2.86 bits per heavy atom. The van der Waals surface area contributed by atoms with Crippen molar-refractivity contribution in [1.29, 1.82) is 5.26 Å². The number of nitrogens with zero attached hydrogens (tertiary/aromatic N) is 5. The summed E-state index contributed by atoms with van der Waals surface area (Å²) in [6.45, 7) is 0.0153. The van der Waals surface area contributed by atoms with Gasteiger partial charge in [0.1, 0.15) is 11.6 Å². The second-order valence-electron chi connectivity index (χ2n) is 4.84. The molecular formula is C14H11N5O3. The number of pyridine rings is 1. The average Bonchev–Trinajstić information content (AvgIpc) is 3.11. The van der Waals surface area contributed by atoms with Crippen LogP contribution in [0.5, 0.6) is 0 Å². The molecule has 110 valence electrons. The van der Waals surface area contributed by atoms with E-state index in [0.29, 0.717) is 5.82 Å². The van der Waals surface area contributed by atoms with E-state index in [0.717, 1.165) is 0 Å². The van der Waals surface area contributed by atoms with Crippen molar-refractivity contribution in [3.63, 3.8) is 0 Å². The molecule has 2 aromatic heterocycles. The lowest BCUT2D eigenvalue weighted by atomic mass is 10.1. The lowest BCUT2D eigenvalue weighted by Gasteiger charge is -2.17. The highest BCUT2D eigenvalue weighted by molar-refractivity contribution is 5.99. The van der Waals surface area contributed by atoms with Gasteiger partial charge in [0.05, 0.1) is 12.1 Å². The topological polar surface area (TPSA) is 112 Å². The molecule has 0 aliphatic carbocycles. The maximum absolute atomic E-state index is 12.1. The fourth-order valence-electron chi connectivity index (χ4n) is 2.41. The number of rotatable bonds is 3. The van der Waals surface area contributed by atoms with E-state index >= 15 is 0 Å². The summed E-state index contributed by atoms with van der Waals surface area (Å²) >= 11 is 0. The van der Waals surface area contributed by atoms with Crippen LogP contribution in [0.15, 0.2) is 30.6 Å². The molecule has 3 rings (SSSR count). The summed E-state index contributed by atoms with van der Waals surface area (Å²) in [5, 5.41) is 22.4. The number of nitriles is 1. The molecule has 0 spiro atoms. The van der Waals surface area contributed by atoms with Crippen LogP contribution in [-0.4, -0.2) is 38.3 Å². The molecule has 0 bridgehead atoms. The van der Waals surface area contributed by atoms with Crippen LogP contribution in [-0.2, 0) is 9.59 Å². The van der Waals surface area contributed by atoms with E-state index in [1.54, 1.807) is 24.4 Å². The SMILES string of the molecule is N#Cc1cnn(-c2ccccn2)c1N1CC(C(=O)O)CC1=O. The number of carbonyl (C=O) groups is 2. The minimum Gasteiger partial charge on any atom is -0.481 e. The van der Waals surface area contributed by atoms with Gasteiger partial charge < -0.3 is 5.11 Å². The molecule has 1 amide bonds. The van der Waals surface area contributed by atoms with E-state index in [9.17, 15) is 14.9 Å². The first-order chi connectivity index (χ1) is 10.6. The van der Waals surface area contributed by atoms with E-state index in [2.05, 4.69) is 10.1 Å². The van der Waals surface area contributed by atoms with Gasteiger partial charge in [0.25, 0.3) is 0 Å². The fraction of sp³-hybridized carbons (Fsp3) is 0.214. The van der Waals surface area contributed by atoms with Gasteiger partial charge in [-0.1, -0.05) is 6.07 Å². The summed E-state index contributed by atoms with van der Waals surface area (Å²) in [6.07, 6.45) is 2.82. The van der Waals surface area contributed by atoms with Crippen molar-refractivity contribution in [2.24, 2.45) is 5.92 Å². The number of hydrogen-bond acceptors (Lipinski definition) is 5. The largest absolute Gasteiger partial charge is 0.481 e. The molecule has 1 aliphatic rings. The van der Waals surface area contributed by atoms with Gasteiger partial charge in [-0.05, 0) is 12.1 Å². The first kappa shape index (κ1) is 13.8. The maximum Gasteiger partial charge on any atom is 0.308 e. The summed E-state index contributed by atoms with van der Waals surface area (Å²) in [7, 11) is 0. The zero-order chi connectivity index (χ0) is 15.7. The quantitative estimate of drug-likeness (QED) is 0.886. The van der Waals surface area contributed by atoms with Gasteiger partial charge >= 0.3 is 5.97 Å². The smallest absolute Gasteiger partial charge is 0.308 e. The number of hydrogen-bond donors (Lipinski definition) is 1. The second-order valence-corrected chi connectivity index (χ2v) is 4.84. The van der Waals surface area contributed by atoms with Gasteiger partial charge in [-0.15, -0.1) is 0 Å². The average molecular weight is 297 g/mol. The fourth-order valence-corrected chi connectivity index (χ4v) is 2.41. The predicted octanol–water partition coefficient (Wildman–Crippen LogP) is 0.576. The molecule has 0 saturated carbocycles. The van der Waals surface area contributed by atoms with Crippen molar-refractivity contribution < 1.29 is 14.7 Å². The van der Waals surface area contributed by atoms with Crippen LogP contribution in [0.25, 0.3) is 5.82 Å². The van der Waals surface area contributed by atoms with Crippen LogP contribution in [0.3, 0.4) is 0 Å². The van der Waals surface area contributed by atoms with Crippen molar-refractivity contribution in [3.8, 4) is 11.9 Å². The molecule has 1 aliphatic heterocycles. The summed E-state index contributed by atoms with van der Waals surface area (Å²) < 4.78 is 1.38. The normalized spacial score (nSPS) is 17.5. The summed E-state index contributed by atoms with van der Waals surface area (Å²) in [5.74, 6) is -1.45. The third kappa shape index (κ3) is 2.18. The van der Waals surface area contributed by atoms with Crippen LogP contribution >= 0.6 is 0 Å². The van der Waals surface area contributed by atoms with Crippen molar-refractivity contribution in [2.75, 3.05) is 11.4 Å². The number of aliphatic carboxylic acids is 1. The Kier molecular flexibility index (Phi) is 3.31. The van der Waals surface area contributed by atoms with Crippen LogP contribution < -0.4 is 4.90 Å². The van der Waals surface area contributed by atoms with Gasteiger partial charge in [0, 0.05) is 19.2 Å². The predicted molar refractivity (Wildman–Crippen MR) is 74.2 cm³/mol.